The molecule has 4 rings (SSSR count). The second kappa shape index (κ2) is 13.8. The summed E-state index contributed by atoms with van der Waals surface area (Å²) in [4.78, 5) is 0. The van der Waals surface area contributed by atoms with Crippen molar-refractivity contribution < 1.29 is 13.2 Å². The third-order valence-electron chi connectivity index (χ3n) is 8.04. The summed E-state index contributed by atoms with van der Waals surface area (Å²) in [7, 11) is 0. The minimum Gasteiger partial charge on any atom is -0.206 e. The molecule has 0 nitrogen and oxygen atoms in total. The van der Waals surface area contributed by atoms with Crippen LogP contribution in [0, 0.1) is 23.4 Å². The van der Waals surface area contributed by atoms with Gasteiger partial charge in [0.05, 0.1) is 0 Å². The molecule has 0 aromatic heterocycles. The molecule has 38 heavy (non-hydrogen) atoms. The maximum Gasteiger partial charge on any atom is 0.166 e. The van der Waals surface area contributed by atoms with Crippen LogP contribution in [0.15, 0.2) is 60.7 Å². The van der Waals surface area contributed by atoms with Crippen LogP contribution in [0.5, 0.6) is 0 Å². The number of benzene rings is 3. The highest BCUT2D eigenvalue weighted by atomic mass is 19.2. The average Bonchev–Trinajstić information content (AvgIpc) is 2.94. The maximum atomic E-state index is 15.1. The van der Waals surface area contributed by atoms with Gasteiger partial charge < -0.3 is 0 Å². The van der Waals surface area contributed by atoms with Crippen LogP contribution in [0.25, 0.3) is 27.8 Å². The van der Waals surface area contributed by atoms with Crippen LogP contribution in [-0.2, 0) is 6.42 Å². The van der Waals surface area contributed by atoms with Crippen molar-refractivity contribution in [1.82, 2.24) is 0 Å². The van der Waals surface area contributed by atoms with Crippen molar-refractivity contribution >= 4 is 5.57 Å². The molecule has 3 heteroatoms. The van der Waals surface area contributed by atoms with Crippen molar-refractivity contribution in [3.8, 4) is 22.3 Å². The number of allylic oxidation sites excluding steroid dienone is 2. The van der Waals surface area contributed by atoms with E-state index in [1.54, 1.807) is 30.3 Å². The highest BCUT2D eigenvalue weighted by Crippen LogP contribution is 2.35. The molecule has 0 spiro atoms. The summed E-state index contributed by atoms with van der Waals surface area (Å²) in [6, 6.07) is 16.1. The zero-order chi connectivity index (χ0) is 26.9. The third-order valence-corrected chi connectivity index (χ3v) is 8.04. The van der Waals surface area contributed by atoms with E-state index in [1.165, 1.54) is 25.7 Å². The first-order valence-electron chi connectivity index (χ1n) is 14.6. The fraction of sp³-hybridized carbons (Fsp3) is 0.429. The Kier molecular flexibility index (Phi) is 10.3. The van der Waals surface area contributed by atoms with Gasteiger partial charge in [0.15, 0.2) is 11.6 Å². The monoisotopic (exact) mass is 518 g/mol. The van der Waals surface area contributed by atoms with Gasteiger partial charge in [-0.05, 0) is 71.9 Å². The molecule has 0 heterocycles. The summed E-state index contributed by atoms with van der Waals surface area (Å²) in [6.07, 6.45) is 15.1. The fourth-order valence-electron chi connectivity index (χ4n) is 5.62. The molecule has 0 radical (unpaired) electrons. The van der Waals surface area contributed by atoms with Crippen molar-refractivity contribution in [1.29, 1.82) is 0 Å². The predicted molar refractivity (Wildman–Crippen MR) is 154 cm³/mol. The molecule has 0 saturated heterocycles. The van der Waals surface area contributed by atoms with E-state index in [4.69, 9.17) is 0 Å². The molecule has 1 aliphatic rings. The van der Waals surface area contributed by atoms with Gasteiger partial charge in [-0.1, -0.05) is 113 Å². The lowest BCUT2D eigenvalue weighted by Crippen LogP contribution is -2.06. The van der Waals surface area contributed by atoms with E-state index < -0.39 is 11.6 Å². The van der Waals surface area contributed by atoms with E-state index in [0.717, 1.165) is 67.6 Å². The van der Waals surface area contributed by atoms with Crippen LogP contribution in [0.3, 0.4) is 0 Å². The van der Waals surface area contributed by atoms with E-state index in [0.29, 0.717) is 23.1 Å². The number of aryl methyl sites for hydroxylation is 1. The highest BCUT2D eigenvalue weighted by Gasteiger charge is 2.18. The van der Waals surface area contributed by atoms with Gasteiger partial charge in [-0.3, -0.25) is 0 Å². The summed E-state index contributed by atoms with van der Waals surface area (Å²) < 4.78 is 44.7. The van der Waals surface area contributed by atoms with Crippen LogP contribution < -0.4 is 0 Å². The van der Waals surface area contributed by atoms with Crippen molar-refractivity contribution in [2.24, 2.45) is 5.92 Å². The Bertz CT molecular complexity index is 1220. The number of rotatable bonds is 12. The summed E-state index contributed by atoms with van der Waals surface area (Å²) in [5, 5.41) is 0. The summed E-state index contributed by atoms with van der Waals surface area (Å²) in [5.74, 6) is -1.02. The second-order valence-corrected chi connectivity index (χ2v) is 10.8. The first kappa shape index (κ1) is 28.2. The molecule has 0 amide bonds. The van der Waals surface area contributed by atoms with Gasteiger partial charge in [-0.2, -0.15) is 0 Å². The highest BCUT2D eigenvalue weighted by molar-refractivity contribution is 5.74. The quantitative estimate of drug-likeness (QED) is 0.209. The number of hydrogen-bond donors (Lipinski definition) is 0. The molecule has 0 aliphatic heterocycles. The zero-order valence-electron chi connectivity index (χ0n) is 23.0. The van der Waals surface area contributed by atoms with Gasteiger partial charge in [-0.15, -0.1) is 0 Å². The average molecular weight is 519 g/mol. The van der Waals surface area contributed by atoms with Crippen molar-refractivity contribution in [2.75, 3.05) is 0 Å². The smallest absolute Gasteiger partial charge is 0.166 e. The van der Waals surface area contributed by atoms with Crippen LogP contribution in [0.2, 0.25) is 0 Å². The lowest BCUT2D eigenvalue weighted by Gasteiger charge is -2.22. The molecular weight excluding hydrogens is 477 g/mol. The van der Waals surface area contributed by atoms with E-state index in [2.05, 4.69) is 19.9 Å². The molecule has 0 bridgehead atoms. The Morgan fingerprint density at radius 2 is 1.37 bits per heavy atom. The number of unbranched alkanes of at least 4 members (excludes halogenated alkanes) is 5. The molecule has 1 unspecified atom stereocenters. The van der Waals surface area contributed by atoms with E-state index >= 15 is 4.39 Å². The van der Waals surface area contributed by atoms with Crippen LogP contribution in [0.4, 0.5) is 13.2 Å². The third kappa shape index (κ3) is 6.98. The number of halogens is 3. The standard InChI is InChI=1S/C35H41F3/c1-3-5-7-9-11-29-20-23-32(35(38)34(29)37)28-18-16-26(17-19-28)30-21-22-31(33(36)24-30)27-14-12-25(13-15-27)10-8-6-4-2/h14,16-25H,3-13,15H2,1-2H3. The van der Waals surface area contributed by atoms with Gasteiger partial charge in [0, 0.05) is 11.1 Å². The van der Waals surface area contributed by atoms with Crippen LogP contribution >= 0.6 is 0 Å². The Morgan fingerprint density at radius 1 is 0.684 bits per heavy atom. The van der Waals surface area contributed by atoms with Gasteiger partial charge in [0.1, 0.15) is 5.82 Å². The van der Waals surface area contributed by atoms with E-state index in [-0.39, 0.29) is 11.4 Å². The molecule has 0 N–H and O–H groups in total. The van der Waals surface area contributed by atoms with E-state index in [9.17, 15) is 8.78 Å². The van der Waals surface area contributed by atoms with Crippen LogP contribution in [-0.4, -0.2) is 0 Å². The Balaban J connectivity index is 1.44. The maximum absolute atomic E-state index is 15.1. The minimum atomic E-state index is -0.797. The SMILES string of the molecule is CCCCCCc1ccc(-c2ccc(-c3ccc(C4=CCC(CCCCC)CC4)c(F)c3)cc2)c(F)c1F. The Hall–Kier alpha value is -2.81. The lowest BCUT2D eigenvalue weighted by molar-refractivity contribution is 0.427. The lowest BCUT2D eigenvalue weighted by atomic mass is 9.83. The van der Waals surface area contributed by atoms with Gasteiger partial charge >= 0.3 is 0 Å². The second-order valence-electron chi connectivity index (χ2n) is 10.8. The largest absolute Gasteiger partial charge is 0.206 e. The zero-order valence-corrected chi connectivity index (χ0v) is 23.0. The molecule has 3 aromatic rings. The molecule has 1 atom stereocenters. The summed E-state index contributed by atoms with van der Waals surface area (Å²) >= 11 is 0. The van der Waals surface area contributed by atoms with Crippen molar-refractivity contribution in [3.63, 3.8) is 0 Å². The van der Waals surface area contributed by atoms with Crippen molar-refractivity contribution in [3.05, 3.63) is 89.3 Å². The van der Waals surface area contributed by atoms with Gasteiger partial charge in [-0.25, -0.2) is 13.2 Å². The summed E-state index contributed by atoms with van der Waals surface area (Å²) in [5.41, 5.74) is 4.74. The van der Waals surface area contributed by atoms with E-state index in [1.807, 2.05) is 24.3 Å². The Labute approximate surface area is 227 Å². The summed E-state index contributed by atoms with van der Waals surface area (Å²) in [6.45, 7) is 4.36. The topological polar surface area (TPSA) is 0 Å². The fourth-order valence-corrected chi connectivity index (χ4v) is 5.62. The first-order chi connectivity index (χ1) is 18.5. The van der Waals surface area contributed by atoms with Crippen molar-refractivity contribution in [2.45, 2.75) is 90.9 Å². The molecule has 1 aliphatic carbocycles. The first-order valence-corrected chi connectivity index (χ1v) is 14.6. The Morgan fingerprint density at radius 3 is 2.05 bits per heavy atom. The molecule has 0 fully saturated rings. The molecule has 3 aromatic carbocycles. The molecular formula is C35H41F3. The van der Waals surface area contributed by atoms with Gasteiger partial charge in [0.25, 0.3) is 0 Å². The number of hydrogen-bond acceptors (Lipinski definition) is 0. The predicted octanol–water partition coefficient (Wildman–Crippen LogP) is 11.3. The molecule has 202 valence electrons. The normalized spacial score (nSPS) is 15.5. The molecule has 0 saturated carbocycles. The van der Waals surface area contributed by atoms with Crippen LogP contribution in [0.1, 0.15) is 95.6 Å². The van der Waals surface area contributed by atoms with Gasteiger partial charge in [0.2, 0.25) is 0 Å². The minimum absolute atomic E-state index is 0.204.